The summed E-state index contributed by atoms with van der Waals surface area (Å²) in [5.74, 6) is -0.277. The number of aromatic nitrogens is 2. The highest BCUT2D eigenvalue weighted by Crippen LogP contribution is 2.30. The molecule has 106 valence electrons. The van der Waals surface area contributed by atoms with Gasteiger partial charge in [0.25, 0.3) is 0 Å². The molecule has 5 heteroatoms. The van der Waals surface area contributed by atoms with Crippen LogP contribution in [0.3, 0.4) is 0 Å². The Hall–Kier alpha value is -3.26. The molecule has 3 aromatic rings. The molecule has 0 saturated carbocycles. The molecule has 0 aliphatic heterocycles. The number of halogens is 1. The molecule has 22 heavy (non-hydrogen) atoms. The van der Waals surface area contributed by atoms with Crippen molar-refractivity contribution in [3.63, 3.8) is 0 Å². The van der Waals surface area contributed by atoms with Crippen molar-refractivity contribution < 1.29 is 4.39 Å². The Balaban J connectivity index is 2.25. The first kappa shape index (κ1) is 13.7. The Morgan fingerprint density at radius 1 is 1.05 bits per heavy atom. The van der Waals surface area contributed by atoms with E-state index in [-0.39, 0.29) is 17.2 Å². The average Bonchev–Trinajstić information content (AvgIpc) is 2.55. The summed E-state index contributed by atoms with van der Waals surface area (Å²) in [5.41, 5.74) is 8.40. The lowest BCUT2D eigenvalue weighted by molar-refractivity contribution is 0.628. The predicted molar refractivity (Wildman–Crippen MR) is 82.0 cm³/mol. The summed E-state index contributed by atoms with van der Waals surface area (Å²) in [6.45, 7) is 0. The summed E-state index contributed by atoms with van der Waals surface area (Å²) in [5, 5.41) is 9.31. The molecular weight excluding hydrogens is 279 g/mol. The first-order valence-electron chi connectivity index (χ1n) is 6.57. The van der Waals surface area contributed by atoms with Crippen molar-refractivity contribution in [2.45, 2.75) is 0 Å². The minimum atomic E-state index is -0.379. The van der Waals surface area contributed by atoms with Gasteiger partial charge in [-0.2, -0.15) is 5.26 Å². The van der Waals surface area contributed by atoms with Gasteiger partial charge in [-0.3, -0.25) is 4.98 Å². The van der Waals surface area contributed by atoms with Gasteiger partial charge in [-0.25, -0.2) is 9.37 Å². The minimum Gasteiger partial charge on any atom is -0.383 e. The molecule has 2 aromatic heterocycles. The second kappa shape index (κ2) is 5.62. The number of anilines is 1. The molecule has 3 rings (SSSR count). The summed E-state index contributed by atoms with van der Waals surface area (Å²) in [7, 11) is 0. The number of hydrogen-bond acceptors (Lipinski definition) is 4. The Morgan fingerprint density at radius 3 is 2.59 bits per heavy atom. The van der Waals surface area contributed by atoms with Crippen LogP contribution in [0.15, 0.2) is 54.7 Å². The quantitative estimate of drug-likeness (QED) is 0.784. The van der Waals surface area contributed by atoms with Gasteiger partial charge in [0.2, 0.25) is 0 Å². The summed E-state index contributed by atoms with van der Waals surface area (Å²) in [6, 6.07) is 15.2. The summed E-state index contributed by atoms with van der Waals surface area (Å²) in [6.07, 6.45) is 1.65. The summed E-state index contributed by atoms with van der Waals surface area (Å²) >= 11 is 0. The SMILES string of the molecule is N#Cc1c(-c2cccc(F)c2)cc(-c2ccccn2)nc1N. The second-order valence-electron chi connectivity index (χ2n) is 4.65. The fourth-order valence-electron chi connectivity index (χ4n) is 2.21. The monoisotopic (exact) mass is 290 g/mol. The maximum absolute atomic E-state index is 13.5. The zero-order chi connectivity index (χ0) is 15.5. The van der Waals surface area contributed by atoms with Crippen LogP contribution in [0.1, 0.15) is 5.56 Å². The lowest BCUT2D eigenvalue weighted by Gasteiger charge is -2.09. The van der Waals surface area contributed by atoms with Gasteiger partial charge in [-0.05, 0) is 35.9 Å². The molecule has 0 aliphatic rings. The van der Waals surface area contributed by atoms with Gasteiger partial charge in [0.1, 0.15) is 23.3 Å². The molecule has 0 spiro atoms. The predicted octanol–water partition coefficient (Wildman–Crippen LogP) is 3.40. The van der Waals surface area contributed by atoms with Gasteiger partial charge in [-0.1, -0.05) is 18.2 Å². The van der Waals surface area contributed by atoms with Crippen LogP contribution >= 0.6 is 0 Å². The number of benzene rings is 1. The van der Waals surface area contributed by atoms with E-state index in [2.05, 4.69) is 9.97 Å². The van der Waals surface area contributed by atoms with E-state index in [1.54, 1.807) is 36.5 Å². The summed E-state index contributed by atoms with van der Waals surface area (Å²) in [4.78, 5) is 8.44. The Morgan fingerprint density at radius 2 is 1.91 bits per heavy atom. The van der Waals surface area contributed by atoms with Crippen molar-refractivity contribution in [2.75, 3.05) is 5.73 Å². The number of rotatable bonds is 2. The third kappa shape index (κ3) is 2.50. The number of nitrogens with two attached hydrogens (primary N) is 1. The normalized spacial score (nSPS) is 10.2. The molecule has 0 radical (unpaired) electrons. The molecule has 4 nitrogen and oxygen atoms in total. The van der Waals surface area contributed by atoms with Crippen molar-refractivity contribution in [3.05, 3.63) is 66.1 Å². The molecule has 0 amide bonds. The van der Waals surface area contributed by atoms with Gasteiger partial charge in [-0.15, -0.1) is 0 Å². The van der Waals surface area contributed by atoms with E-state index < -0.39 is 0 Å². The van der Waals surface area contributed by atoms with Crippen LogP contribution in [-0.4, -0.2) is 9.97 Å². The van der Waals surface area contributed by atoms with Crippen molar-refractivity contribution >= 4 is 5.82 Å². The first-order valence-corrected chi connectivity index (χ1v) is 6.57. The van der Waals surface area contributed by atoms with Gasteiger partial charge >= 0.3 is 0 Å². The molecule has 0 saturated heterocycles. The van der Waals surface area contributed by atoms with Crippen LogP contribution in [0.5, 0.6) is 0 Å². The van der Waals surface area contributed by atoms with Gasteiger partial charge in [0.05, 0.1) is 11.4 Å². The first-order chi connectivity index (χ1) is 10.7. The van der Waals surface area contributed by atoms with Gasteiger partial charge in [0.15, 0.2) is 0 Å². The molecular formula is C17H11FN4. The standard InChI is InChI=1S/C17H11FN4/c18-12-5-3-4-11(8-12)13-9-16(15-6-1-2-7-21-15)22-17(20)14(13)10-19/h1-9H,(H2,20,22). The topological polar surface area (TPSA) is 75.6 Å². The fraction of sp³-hybridized carbons (Fsp3) is 0. The highest BCUT2D eigenvalue weighted by molar-refractivity contribution is 5.79. The smallest absolute Gasteiger partial charge is 0.142 e. The van der Waals surface area contributed by atoms with Crippen molar-refractivity contribution in [1.82, 2.24) is 9.97 Å². The van der Waals surface area contributed by atoms with E-state index in [4.69, 9.17) is 5.73 Å². The number of nitriles is 1. The van der Waals surface area contributed by atoms with Crippen molar-refractivity contribution in [2.24, 2.45) is 0 Å². The van der Waals surface area contributed by atoms with E-state index in [9.17, 15) is 9.65 Å². The average molecular weight is 290 g/mol. The lowest BCUT2D eigenvalue weighted by atomic mass is 9.99. The molecule has 0 fully saturated rings. The van der Waals surface area contributed by atoms with Crippen LogP contribution in [0.2, 0.25) is 0 Å². The van der Waals surface area contributed by atoms with Crippen LogP contribution in [-0.2, 0) is 0 Å². The number of hydrogen-bond donors (Lipinski definition) is 1. The maximum atomic E-state index is 13.5. The highest BCUT2D eigenvalue weighted by Gasteiger charge is 2.14. The molecule has 2 heterocycles. The second-order valence-corrected chi connectivity index (χ2v) is 4.65. The Labute approximate surface area is 126 Å². The number of pyridine rings is 2. The van der Waals surface area contributed by atoms with Crippen LogP contribution in [0, 0.1) is 17.1 Å². The molecule has 0 atom stereocenters. The van der Waals surface area contributed by atoms with Crippen molar-refractivity contribution in [1.29, 1.82) is 5.26 Å². The minimum absolute atomic E-state index is 0.102. The van der Waals surface area contributed by atoms with E-state index >= 15 is 0 Å². The molecule has 2 N–H and O–H groups in total. The van der Waals surface area contributed by atoms with E-state index in [1.165, 1.54) is 12.1 Å². The van der Waals surface area contributed by atoms with Crippen LogP contribution in [0.4, 0.5) is 10.2 Å². The van der Waals surface area contributed by atoms with Gasteiger partial charge in [0, 0.05) is 11.8 Å². The van der Waals surface area contributed by atoms with Gasteiger partial charge < -0.3 is 5.73 Å². The van der Waals surface area contributed by atoms with E-state index in [0.29, 0.717) is 22.5 Å². The lowest BCUT2D eigenvalue weighted by Crippen LogP contribution is -2.00. The van der Waals surface area contributed by atoms with Crippen LogP contribution < -0.4 is 5.73 Å². The maximum Gasteiger partial charge on any atom is 0.142 e. The van der Waals surface area contributed by atoms with E-state index in [1.807, 2.05) is 12.1 Å². The summed E-state index contributed by atoms with van der Waals surface area (Å²) < 4.78 is 13.5. The van der Waals surface area contributed by atoms with Crippen LogP contribution in [0.25, 0.3) is 22.5 Å². The highest BCUT2D eigenvalue weighted by atomic mass is 19.1. The fourth-order valence-corrected chi connectivity index (χ4v) is 2.21. The number of nitrogen functional groups attached to an aromatic ring is 1. The molecule has 1 aromatic carbocycles. The van der Waals surface area contributed by atoms with Crippen molar-refractivity contribution in [3.8, 4) is 28.6 Å². The Kier molecular flexibility index (Phi) is 3.50. The largest absolute Gasteiger partial charge is 0.383 e. The molecule has 0 aliphatic carbocycles. The molecule has 0 unspecified atom stereocenters. The molecule has 0 bridgehead atoms. The Bertz CT molecular complexity index is 870. The van der Waals surface area contributed by atoms with E-state index in [0.717, 1.165) is 0 Å². The zero-order valence-corrected chi connectivity index (χ0v) is 11.5. The third-order valence-corrected chi connectivity index (χ3v) is 3.22. The third-order valence-electron chi connectivity index (χ3n) is 3.22. The zero-order valence-electron chi connectivity index (χ0n) is 11.5. The number of nitrogens with zero attached hydrogens (tertiary/aromatic N) is 3.